The number of para-hydroxylation sites is 1. The molecule has 3 rings (SSSR count). The molecule has 19 heavy (non-hydrogen) atoms. The zero-order valence-electron chi connectivity index (χ0n) is 9.76. The topological polar surface area (TPSA) is 50.4 Å². The normalized spacial score (nSPS) is 10.8. The molecule has 1 heterocycles. The highest BCUT2D eigenvalue weighted by Gasteiger charge is 2.16. The van der Waals surface area contributed by atoms with Crippen molar-refractivity contribution in [3.8, 4) is 17.1 Å². The minimum atomic E-state index is -0.429. The van der Waals surface area contributed by atoms with Crippen LogP contribution < -0.4 is 5.43 Å². The fourth-order valence-electron chi connectivity index (χ4n) is 1.96. The lowest BCUT2D eigenvalue weighted by molar-refractivity contribution is 0.449. The van der Waals surface area contributed by atoms with E-state index in [1.807, 2.05) is 18.2 Å². The molecule has 0 aliphatic rings. The van der Waals surface area contributed by atoms with E-state index in [2.05, 4.69) is 15.9 Å². The van der Waals surface area contributed by atoms with E-state index in [0.29, 0.717) is 21.0 Å². The Hall–Kier alpha value is -2.07. The first-order valence-electron chi connectivity index (χ1n) is 5.68. The summed E-state index contributed by atoms with van der Waals surface area (Å²) in [6.07, 6.45) is 0. The Morgan fingerprint density at radius 2 is 1.74 bits per heavy atom. The first-order valence-corrected chi connectivity index (χ1v) is 6.47. The summed E-state index contributed by atoms with van der Waals surface area (Å²) in [7, 11) is 0. The molecule has 94 valence electrons. The van der Waals surface area contributed by atoms with Crippen LogP contribution in [-0.4, -0.2) is 5.11 Å². The molecule has 4 heteroatoms. The van der Waals surface area contributed by atoms with Crippen LogP contribution in [0.4, 0.5) is 0 Å². The summed E-state index contributed by atoms with van der Waals surface area (Å²) in [4.78, 5) is 12.1. The average molecular weight is 317 g/mol. The minimum absolute atomic E-state index is 0.185. The molecule has 3 aromatic rings. The van der Waals surface area contributed by atoms with Crippen molar-refractivity contribution >= 4 is 26.9 Å². The number of hydrogen-bond donors (Lipinski definition) is 1. The summed E-state index contributed by atoms with van der Waals surface area (Å²) < 4.78 is 6.37. The fourth-order valence-corrected chi connectivity index (χ4v) is 2.40. The fraction of sp³-hybridized carbons (Fsp3) is 0. The number of aromatic hydroxyl groups is 1. The Bertz CT molecular complexity index is 807. The summed E-state index contributed by atoms with van der Waals surface area (Å²) in [6.45, 7) is 0. The van der Waals surface area contributed by atoms with E-state index >= 15 is 0 Å². The van der Waals surface area contributed by atoms with E-state index in [4.69, 9.17) is 4.42 Å². The molecule has 0 unspecified atom stereocenters. The molecule has 1 aromatic heterocycles. The lowest BCUT2D eigenvalue weighted by Crippen LogP contribution is -2.02. The number of halogens is 1. The van der Waals surface area contributed by atoms with Gasteiger partial charge in [0.15, 0.2) is 11.3 Å². The second kappa shape index (κ2) is 4.55. The molecular weight excluding hydrogens is 308 g/mol. The van der Waals surface area contributed by atoms with Gasteiger partial charge in [-0.1, -0.05) is 36.4 Å². The van der Waals surface area contributed by atoms with Crippen molar-refractivity contribution in [3.05, 3.63) is 63.2 Å². The third kappa shape index (κ3) is 1.94. The Balaban J connectivity index is 2.42. The van der Waals surface area contributed by atoms with Crippen LogP contribution in [0, 0.1) is 0 Å². The van der Waals surface area contributed by atoms with Crippen LogP contribution in [0.2, 0.25) is 0 Å². The van der Waals surface area contributed by atoms with Crippen molar-refractivity contribution in [1.82, 2.24) is 0 Å². The third-order valence-electron chi connectivity index (χ3n) is 2.88. The number of hydrogen-bond acceptors (Lipinski definition) is 3. The Morgan fingerprint density at radius 1 is 1.00 bits per heavy atom. The number of fused-ring (bicyclic) bond motifs is 1. The van der Waals surface area contributed by atoms with Gasteiger partial charge in [0.2, 0.25) is 11.2 Å². The monoisotopic (exact) mass is 316 g/mol. The SMILES string of the molecule is O=c1c(O)c(-c2ccccc2)oc2c(Br)cccc12. The molecule has 0 atom stereocenters. The van der Waals surface area contributed by atoms with E-state index in [9.17, 15) is 9.90 Å². The van der Waals surface area contributed by atoms with E-state index < -0.39 is 5.43 Å². The van der Waals surface area contributed by atoms with Gasteiger partial charge in [0.1, 0.15) is 0 Å². The van der Waals surface area contributed by atoms with Gasteiger partial charge in [-0.25, -0.2) is 0 Å². The van der Waals surface area contributed by atoms with Crippen LogP contribution in [0.3, 0.4) is 0 Å². The molecule has 0 bridgehead atoms. The van der Waals surface area contributed by atoms with Gasteiger partial charge in [0, 0.05) is 5.56 Å². The molecule has 0 spiro atoms. The van der Waals surface area contributed by atoms with Gasteiger partial charge in [0.05, 0.1) is 9.86 Å². The van der Waals surface area contributed by atoms with Crippen LogP contribution in [0.25, 0.3) is 22.3 Å². The van der Waals surface area contributed by atoms with Gasteiger partial charge < -0.3 is 9.52 Å². The largest absolute Gasteiger partial charge is 0.502 e. The van der Waals surface area contributed by atoms with Gasteiger partial charge in [-0.05, 0) is 28.1 Å². The maximum atomic E-state index is 12.1. The summed E-state index contributed by atoms with van der Waals surface area (Å²) in [5.41, 5.74) is 0.667. The van der Waals surface area contributed by atoms with E-state index in [0.717, 1.165) is 0 Å². The molecule has 0 saturated carbocycles. The molecule has 0 saturated heterocycles. The van der Waals surface area contributed by atoms with Crippen molar-refractivity contribution in [2.45, 2.75) is 0 Å². The first kappa shape index (κ1) is 12.0. The third-order valence-corrected chi connectivity index (χ3v) is 3.51. The summed E-state index contributed by atoms with van der Waals surface area (Å²) in [6, 6.07) is 14.2. The summed E-state index contributed by atoms with van der Waals surface area (Å²) >= 11 is 3.35. The van der Waals surface area contributed by atoms with Gasteiger partial charge >= 0.3 is 0 Å². The molecule has 0 fully saturated rings. The molecule has 2 aromatic carbocycles. The number of rotatable bonds is 1. The van der Waals surface area contributed by atoms with Crippen molar-refractivity contribution in [1.29, 1.82) is 0 Å². The maximum Gasteiger partial charge on any atom is 0.235 e. The molecule has 0 aliphatic carbocycles. The van der Waals surface area contributed by atoms with E-state index in [-0.39, 0.29) is 11.5 Å². The molecule has 0 aliphatic heterocycles. The Kier molecular flexibility index (Phi) is 2.87. The van der Waals surface area contributed by atoms with Crippen LogP contribution in [0.15, 0.2) is 62.2 Å². The first-order chi connectivity index (χ1) is 9.18. The second-order valence-corrected chi connectivity index (χ2v) is 4.95. The molecule has 0 radical (unpaired) electrons. The molecule has 0 amide bonds. The van der Waals surface area contributed by atoms with Gasteiger partial charge in [-0.2, -0.15) is 0 Å². The second-order valence-electron chi connectivity index (χ2n) is 4.09. The Labute approximate surface area is 117 Å². The van der Waals surface area contributed by atoms with Crippen LogP contribution in [-0.2, 0) is 0 Å². The predicted octanol–water partition coefficient (Wildman–Crippen LogP) is 3.93. The zero-order valence-corrected chi connectivity index (χ0v) is 11.3. The predicted molar refractivity (Wildman–Crippen MR) is 77.3 cm³/mol. The molecule has 1 N–H and O–H groups in total. The van der Waals surface area contributed by atoms with Crippen molar-refractivity contribution in [2.24, 2.45) is 0 Å². The van der Waals surface area contributed by atoms with E-state index in [1.54, 1.807) is 30.3 Å². The molecular formula is C15H9BrO3. The minimum Gasteiger partial charge on any atom is -0.502 e. The lowest BCUT2D eigenvalue weighted by atomic mass is 10.1. The highest BCUT2D eigenvalue weighted by Crippen LogP contribution is 2.32. The summed E-state index contributed by atoms with van der Waals surface area (Å²) in [5.74, 6) is -0.179. The lowest BCUT2D eigenvalue weighted by Gasteiger charge is -2.06. The maximum absolute atomic E-state index is 12.1. The van der Waals surface area contributed by atoms with Gasteiger partial charge in [0.25, 0.3) is 0 Å². The highest BCUT2D eigenvalue weighted by atomic mass is 79.9. The summed E-state index contributed by atoms with van der Waals surface area (Å²) in [5, 5.41) is 10.4. The molecule has 3 nitrogen and oxygen atoms in total. The van der Waals surface area contributed by atoms with Gasteiger partial charge in [-0.3, -0.25) is 4.79 Å². The number of benzene rings is 2. The van der Waals surface area contributed by atoms with Crippen molar-refractivity contribution in [2.75, 3.05) is 0 Å². The van der Waals surface area contributed by atoms with Gasteiger partial charge in [-0.15, -0.1) is 0 Å². The van der Waals surface area contributed by atoms with Crippen LogP contribution >= 0.6 is 15.9 Å². The Morgan fingerprint density at radius 3 is 2.47 bits per heavy atom. The smallest absolute Gasteiger partial charge is 0.235 e. The van der Waals surface area contributed by atoms with E-state index in [1.165, 1.54) is 0 Å². The quantitative estimate of drug-likeness (QED) is 0.740. The van der Waals surface area contributed by atoms with Crippen molar-refractivity contribution in [3.63, 3.8) is 0 Å². The average Bonchev–Trinajstić information content (AvgIpc) is 2.44. The van der Waals surface area contributed by atoms with Crippen LogP contribution in [0.1, 0.15) is 0 Å². The zero-order chi connectivity index (χ0) is 13.4. The van der Waals surface area contributed by atoms with Crippen LogP contribution in [0.5, 0.6) is 5.75 Å². The van der Waals surface area contributed by atoms with Crippen molar-refractivity contribution < 1.29 is 9.52 Å². The standard InChI is InChI=1S/C15H9BrO3/c16-11-8-4-7-10-12(17)13(18)14(19-15(10)11)9-5-2-1-3-6-9/h1-8,18H. The highest BCUT2D eigenvalue weighted by molar-refractivity contribution is 9.10.